The summed E-state index contributed by atoms with van der Waals surface area (Å²) in [5, 5.41) is 10.3. The average Bonchev–Trinajstić information content (AvgIpc) is 2.02. The third kappa shape index (κ3) is 4.58. The minimum absolute atomic E-state index is 0.575. The number of amides is 2. The summed E-state index contributed by atoms with van der Waals surface area (Å²) in [4.78, 5) is 34.8. The molecule has 0 saturated carbocycles. The van der Waals surface area contributed by atoms with Gasteiger partial charge in [-0.15, -0.1) is 0 Å². The number of nitrogens with one attached hydrogen (secondary N) is 1. The summed E-state index contributed by atoms with van der Waals surface area (Å²) in [5.41, 5.74) is 4.65. The van der Waals surface area contributed by atoms with Gasteiger partial charge in [-0.25, -0.2) is 9.59 Å². The zero-order valence-corrected chi connectivity index (χ0v) is 6.52. The normalized spacial score (nSPS) is 11.5. The first-order valence-electron chi connectivity index (χ1n) is 3.15. The van der Waals surface area contributed by atoms with E-state index in [1.165, 1.54) is 0 Å². The lowest BCUT2D eigenvalue weighted by Gasteiger charge is -2.10. The van der Waals surface area contributed by atoms with Gasteiger partial charge in [0.2, 0.25) is 0 Å². The number of hydrogen-bond acceptors (Lipinski definition) is 5. The molecule has 0 bridgehead atoms. The van der Waals surface area contributed by atoms with Crippen LogP contribution in [0.25, 0.3) is 0 Å². The molecule has 2 amide bonds. The Labute approximate surface area is 72.8 Å². The van der Waals surface area contributed by atoms with Crippen molar-refractivity contribution in [2.45, 2.75) is 12.5 Å². The van der Waals surface area contributed by atoms with Gasteiger partial charge in [0.15, 0.2) is 0 Å². The van der Waals surface area contributed by atoms with Crippen molar-refractivity contribution in [3.05, 3.63) is 0 Å². The molecule has 0 aliphatic rings. The molecule has 8 nitrogen and oxygen atoms in total. The number of carbonyl (C=O) groups excluding carboxylic acids is 2. The Kier molecular flexibility index (Phi) is 4.24. The molecule has 0 heterocycles. The molecule has 0 radical (unpaired) electrons. The molecule has 0 rings (SSSR count). The fraction of sp³-hybridized carbons (Fsp3) is 0.400. The largest absolute Gasteiger partial charge is 0.480 e. The molecule has 0 aromatic rings. The summed E-state index contributed by atoms with van der Waals surface area (Å²) < 4.78 is 0. The van der Waals surface area contributed by atoms with E-state index in [0.29, 0.717) is 0 Å². The third-order valence-corrected chi connectivity index (χ3v) is 1.12. The van der Waals surface area contributed by atoms with Gasteiger partial charge < -0.3 is 21.0 Å². The SMILES string of the molecule is NOC(=O)C[C@H](NC(N)=O)C(=O)O. The lowest BCUT2D eigenvalue weighted by atomic mass is 10.2. The molecule has 74 valence electrons. The number of primary amides is 1. The summed E-state index contributed by atoms with van der Waals surface area (Å²) in [6, 6.07) is -2.47. The number of rotatable bonds is 4. The Hall–Kier alpha value is -1.83. The second-order valence-electron chi connectivity index (χ2n) is 2.09. The Balaban J connectivity index is 4.18. The van der Waals surface area contributed by atoms with E-state index in [2.05, 4.69) is 16.5 Å². The third-order valence-electron chi connectivity index (χ3n) is 1.12. The van der Waals surface area contributed by atoms with Crippen LogP contribution in [0.1, 0.15) is 6.42 Å². The van der Waals surface area contributed by atoms with Crippen molar-refractivity contribution in [1.82, 2.24) is 5.32 Å². The molecule has 13 heavy (non-hydrogen) atoms. The maximum atomic E-state index is 10.5. The van der Waals surface area contributed by atoms with Crippen LogP contribution in [0.2, 0.25) is 0 Å². The van der Waals surface area contributed by atoms with Crippen molar-refractivity contribution < 1.29 is 24.3 Å². The molecule has 0 unspecified atom stereocenters. The van der Waals surface area contributed by atoms with Crippen molar-refractivity contribution in [2.24, 2.45) is 11.6 Å². The van der Waals surface area contributed by atoms with Gasteiger partial charge in [-0.3, -0.25) is 4.79 Å². The number of carboxylic acid groups (broad SMARTS) is 1. The van der Waals surface area contributed by atoms with Crippen LogP contribution < -0.4 is 16.9 Å². The molecule has 0 aliphatic carbocycles. The Morgan fingerprint density at radius 2 is 2.00 bits per heavy atom. The summed E-state index contributed by atoms with van der Waals surface area (Å²) in [5.74, 6) is 2.11. The number of aliphatic carboxylic acids is 1. The zero-order chi connectivity index (χ0) is 10.4. The number of hydrogen-bond donors (Lipinski definition) is 4. The first-order chi connectivity index (χ1) is 5.97. The van der Waals surface area contributed by atoms with Gasteiger partial charge in [0, 0.05) is 0 Å². The molecular formula is C5H9N3O5. The van der Waals surface area contributed by atoms with Crippen molar-refractivity contribution in [3.8, 4) is 0 Å². The van der Waals surface area contributed by atoms with Crippen molar-refractivity contribution >= 4 is 18.0 Å². The van der Waals surface area contributed by atoms with Gasteiger partial charge in [-0.2, -0.15) is 5.90 Å². The van der Waals surface area contributed by atoms with Gasteiger partial charge in [0.05, 0.1) is 6.42 Å². The van der Waals surface area contributed by atoms with Crippen molar-refractivity contribution in [2.75, 3.05) is 0 Å². The topological polar surface area (TPSA) is 145 Å². The highest BCUT2D eigenvalue weighted by Crippen LogP contribution is 1.93. The molecule has 0 aromatic heterocycles. The average molecular weight is 191 g/mol. The van der Waals surface area contributed by atoms with Crippen molar-refractivity contribution in [1.29, 1.82) is 0 Å². The molecule has 0 aliphatic heterocycles. The number of carbonyl (C=O) groups is 3. The monoisotopic (exact) mass is 191 g/mol. The first kappa shape index (κ1) is 11.2. The highest BCUT2D eigenvalue weighted by molar-refractivity contribution is 5.85. The Bertz CT molecular complexity index is 228. The maximum Gasteiger partial charge on any atom is 0.327 e. The first-order valence-corrected chi connectivity index (χ1v) is 3.15. The summed E-state index contributed by atoms with van der Waals surface area (Å²) in [6.45, 7) is 0. The molecule has 0 saturated heterocycles. The predicted molar refractivity (Wildman–Crippen MR) is 39.0 cm³/mol. The van der Waals surface area contributed by atoms with E-state index in [1.807, 2.05) is 5.32 Å². The fourth-order valence-corrected chi connectivity index (χ4v) is 0.587. The predicted octanol–water partition coefficient (Wildman–Crippen LogP) is -2.09. The second-order valence-corrected chi connectivity index (χ2v) is 2.09. The maximum absolute atomic E-state index is 10.5. The van der Waals surface area contributed by atoms with Gasteiger partial charge >= 0.3 is 18.0 Å². The standard InChI is InChI=1S/C5H9N3O5/c6-5(12)8-2(4(10)11)1-3(9)13-7/h2H,1,7H2,(H,10,11)(H3,6,8,12)/t2-/m0/s1. The van der Waals surface area contributed by atoms with Gasteiger partial charge in [-0.05, 0) is 0 Å². The van der Waals surface area contributed by atoms with Crippen LogP contribution in [0.15, 0.2) is 0 Å². The van der Waals surface area contributed by atoms with Crippen molar-refractivity contribution in [3.63, 3.8) is 0 Å². The van der Waals surface area contributed by atoms with Gasteiger partial charge in [-0.1, -0.05) is 0 Å². The summed E-state index contributed by atoms with van der Waals surface area (Å²) in [6.07, 6.45) is -0.575. The van der Waals surface area contributed by atoms with Gasteiger partial charge in [0.25, 0.3) is 0 Å². The van der Waals surface area contributed by atoms with Crippen LogP contribution in [0.5, 0.6) is 0 Å². The minimum atomic E-state index is -1.42. The smallest absolute Gasteiger partial charge is 0.327 e. The van der Waals surface area contributed by atoms with E-state index < -0.39 is 30.4 Å². The van der Waals surface area contributed by atoms with E-state index in [9.17, 15) is 14.4 Å². The molecule has 0 fully saturated rings. The zero-order valence-electron chi connectivity index (χ0n) is 6.52. The Morgan fingerprint density at radius 1 is 1.46 bits per heavy atom. The number of carboxylic acids is 1. The Morgan fingerprint density at radius 3 is 2.31 bits per heavy atom. The van der Waals surface area contributed by atoms with Crippen LogP contribution in [0, 0.1) is 0 Å². The minimum Gasteiger partial charge on any atom is -0.480 e. The second kappa shape index (κ2) is 4.93. The van der Waals surface area contributed by atoms with Crippen LogP contribution in [-0.4, -0.2) is 29.1 Å². The van der Waals surface area contributed by atoms with E-state index >= 15 is 0 Å². The molecular weight excluding hydrogens is 182 g/mol. The molecule has 0 spiro atoms. The fourth-order valence-electron chi connectivity index (χ4n) is 0.587. The van der Waals surface area contributed by atoms with Crippen LogP contribution in [0.4, 0.5) is 4.79 Å². The summed E-state index contributed by atoms with van der Waals surface area (Å²) in [7, 11) is 0. The van der Waals surface area contributed by atoms with Gasteiger partial charge in [0.1, 0.15) is 6.04 Å². The molecule has 1 atom stereocenters. The number of nitrogens with two attached hydrogens (primary N) is 2. The van der Waals surface area contributed by atoms with E-state index in [4.69, 9.17) is 5.11 Å². The van der Waals surface area contributed by atoms with Crippen LogP contribution >= 0.6 is 0 Å². The molecule has 6 N–H and O–H groups in total. The van der Waals surface area contributed by atoms with E-state index in [-0.39, 0.29) is 0 Å². The van der Waals surface area contributed by atoms with Crippen LogP contribution in [-0.2, 0) is 14.4 Å². The molecule has 0 aromatic carbocycles. The molecule has 8 heteroatoms. The highest BCUT2D eigenvalue weighted by Gasteiger charge is 2.22. The summed E-state index contributed by atoms with van der Waals surface area (Å²) >= 11 is 0. The quantitative estimate of drug-likeness (QED) is 0.375. The van der Waals surface area contributed by atoms with E-state index in [1.54, 1.807) is 0 Å². The number of urea groups is 1. The lowest BCUT2D eigenvalue weighted by Crippen LogP contribution is -2.45. The van der Waals surface area contributed by atoms with Crippen LogP contribution in [0.3, 0.4) is 0 Å². The van der Waals surface area contributed by atoms with E-state index in [0.717, 1.165) is 0 Å². The highest BCUT2D eigenvalue weighted by atomic mass is 16.7. The lowest BCUT2D eigenvalue weighted by molar-refractivity contribution is -0.149.